The van der Waals surface area contributed by atoms with Crippen molar-refractivity contribution in [2.45, 2.75) is 10.9 Å². The zero-order chi connectivity index (χ0) is 8.97. The SMILES string of the molecule is C[CH2][Hg][c]1ccccc1C([O-])=S.[Na+]. The normalized spacial score (nSPS) is 8.38. The molecule has 0 saturated carbocycles. The second-order valence-corrected chi connectivity index (χ2v) is 11.9. The standard InChI is InChI=1S/C7H5OS.C2H5.Hg.Na/c8-7(9)6-4-2-1-3-5-6;1-2;;/h1-4H,(H,8,9);1H2,2H3;;/q;;;+1/p-1. The van der Waals surface area contributed by atoms with E-state index in [4.69, 9.17) is 0 Å². The van der Waals surface area contributed by atoms with Gasteiger partial charge in [-0.3, -0.25) is 0 Å². The number of hydrogen-bond donors (Lipinski definition) is 0. The van der Waals surface area contributed by atoms with E-state index in [9.17, 15) is 5.11 Å². The maximum Gasteiger partial charge on any atom is 1.00 e. The number of hydrogen-bond acceptors (Lipinski definition) is 2. The van der Waals surface area contributed by atoms with Crippen molar-refractivity contribution < 1.29 is 59.2 Å². The van der Waals surface area contributed by atoms with E-state index in [1.807, 2.05) is 18.2 Å². The molecule has 1 aromatic rings. The van der Waals surface area contributed by atoms with Crippen LogP contribution in [0.2, 0.25) is 3.93 Å². The van der Waals surface area contributed by atoms with Crippen LogP contribution in [0.5, 0.6) is 0 Å². The average Bonchev–Trinajstić information content (AvgIpc) is 2.05. The molecule has 0 aromatic heterocycles. The summed E-state index contributed by atoms with van der Waals surface area (Å²) in [4.78, 5) is 0. The van der Waals surface area contributed by atoms with Gasteiger partial charge in [-0.25, -0.2) is 0 Å². The molecule has 1 rings (SSSR count). The average molecular weight is 389 g/mol. The van der Waals surface area contributed by atoms with Crippen molar-refractivity contribution in [2.24, 2.45) is 0 Å². The van der Waals surface area contributed by atoms with Gasteiger partial charge in [0.05, 0.1) is 0 Å². The third-order valence-electron chi connectivity index (χ3n) is 1.76. The van der Waals surface area contributed by atoms with E-state index in [1.54, 1.807) is 0 Å². The minimum atomic E-state index is -0.974. The van der Waals surface area contributed by atoms with Crippen LogP contribution in [0.3, 0.4) is 0 Å². The van der Waals surface area contributed by atoms with E-state index < -0.39 is 24.6 Å². The molecule has 0 bridgehead atoms. The summed E-state index contributed by atoms with van der Waals surface area (Å²) in [6.45, 7) is 2.19. The van der Waals surface area contributed by atoms with Crippen LogP contribution in [0.25, 0.3) is 0 Å². The fourth-order valence-electron chi connectivity index (χ4n) is 1.21. The van der Waals surface area contributed by atoms with Crippen molar-refractivity contribution in [3.63, 3.8) is 0 Å². The van der Waals surface area contributed by atoms with Crippen LogP contribution in [0.4, 0.5) is 0 Å². The molecule has 1 aromatic carbocycles. The van der Waals surface area contributed by atoms with Gasteiger partial charge in [-0.05, 0) is 0 Å². The third-order valence-corrected chi connectivity index (χ3v) is 8.41. The fraction of sp³-hybridized carbons (Fsp3) is 0.222. The Kier molecular flexibility index (Phi) is 7.94. The van der Waals surface area contributed by atoms with Crippen molar-refractivity contribution >= 4 is 20.3 Å². The summed E-state index contributed by atoms with van der Waals surface area (Å²) in [6.07, 6.45) is 0. The number of thiocarbonyl (C=S) groups is 1. The predicted molar refractivity (Wildman–Crippen MR) is 48.3 cm³/mol. The first kappa shape index (κ1) is 14.0. The summed E-state index contributed by atoms with van der Waals surface area (Å²) < 4.78 is 2.56. The molecule has 0 aliphatic heterocycles. The van der Waals surface area contributed by atoms with Gasteiger partial charge in [-0.15, -0.1) is 0 Å². The smallest absolute Gasteiger partial charge is 1.00 e. The first-order chi connectivity index (χ1) is 5.75. The van der Waals surface area contributed by atoms with Crippen molar-refractivity contribution in [1.82, 2.24) is 0 Å². The fourth-order valence-corrected chi connectivity index (χ4v) is 7.30. The quantitative estimate of drug-likeness (QED) is 0.436. The summed E-state index contributed by atoms with van der Waals surface area (Å²) in [6, 6.07) is 7.78. The molecular weight excluding hydrogens is 380 g/mol. The first-order valence-corrected chi connectivity index (χ1v) is 11.1. The van der Waals surface area contributed by atoms with E-state index in [2.05, 4.69) is 25.2 Å². The Morgan fingerprint density at radius 2 is 2.08 bits per heavy atom. The molecule has 0 aliphatic rings. The zero-order valence-electron chi connectivity index (χ0n) is 8.04. The molecule has 0 unspecified atom stereocenters. The summed E-state index contributed by atoms with van der Waals surface area (Å²) in [5.41, 5.74) is 0.788. The van der Waals surface area contributed by atoms with Gasteiger partial charge in [0.1, 0.15) is 0 Å². The Morgan fingerprint density at radius 3 is 2.62 bits per heavy atom. The molecule has 0 spiro atoms. The van der Waals surface area contributed by atoms with E-state index in [1.165, 1.54) is 7.00 Å². The van der Waals surface area contributed by atoms with Crippen molar-refractivity contribution in [1.29, 1.82) is 0 Å². The third kappa shape index (κ3) is 4.39. The Balaban J connectivity index is 0.00000144. The Hall–Kier alpha value is 1.05. The summed E-state index contributed by atoms with van der Waals surface area (Å²) >= 11 is 3.67. The summed E-state index contributed by atoms with van der Waals surface area (Å²) in [7, 11) is 0. The maximum atomic E-state index is 11.0. The van der Waals surface area contributed by atoms with Gasteiger partial charge < -0.3 is 0 Å². The largest absolute Gasteiger partial charge is 1.00 e. The van der Waals surface area contributed by atoms with Gasteiger partial charge in [0, 0.05) is 0 Å². The van der Waals surface area contributed by atoms with E-state index >= 15 is 0 Å². The Morgan fingerprint density at radius 1 is 1.46 bits per heavy atom. The molecule has 13 heavy (non-hydrogen) atoms. The summed E-state index contributed by atoms with van der Waals surface area (Å²) in [5.74, 6) is 0. The van der Waals surface area contributed by atoms with Gasteiger partial charge in [0.15, 0.2) is 0 Å². The molecule has 0 amide bonds. The van der Waals surface area contributed by atoms with Crippen molar-refractivity contribution in [3.8, 4) is 0 Å². The van der Waals surface area contributed by atoms with Crippen LogP contribution >= 0.6 is 12.2 Å². The second-order valence-electron chi connectivity index (χ2n) is 2.69. The minimum absolute atomic E-state index is 0. The molecule has 0 radical (unpaired) electrons. The predicted octanol–water partition coefficient (Wildman–Crippen LogP) is -2.13. The molecule has 4 heteroatoms. The van der Waals surface area contributed by atoms with Crippen LogP contribution < -0.4 is 37.7 Å². The molecule has 60 valence electrons. The molecule has 0 atom stereocenters. The van der Waals surface area contributed by atoms with Crippen LogP contribution in [0.15, 0.2) is 24.3 Å². The number of rotatable bonds is 3. The van der Waals surface area contributed by atoms with E-state index in [0.717, 1.165) is 5.56 Å². The van der Waals surface area contributed by atoms with Gasteiger partial charge >= 0.3 is 120 Å². The molecule has 0 N–H and O–H groups in total. The second kappa shape index (κ2) is 7.35. The maximum absolute atomic E-state index is 11.0. The van der Waals surface area contributed by atoms with Crippen LogP contribution in [0, 0.1) is 0 Å². The van der Waals surface area contributed by atoms with Crippen molar-refractivity contribution in [2.75, 3.05) is 0 Å². The van der Waals surface area contributed by atoms with Gasteiger partial charge in [-0.2, -0.15) is 0 Å². The van der Waals surface area contributed by atoms with Crippen LogP contribution in [-0.4, -0.2) is 5.05 Å². The Labute approximate surface area is 119 Å². The van der Waals surface area contributed by atoms with Gasteiger partial charge in [-0.1, -0.05) is 0 Å². The summed E-state index contributed by atoms with van der Waals surface area (Å²) in [5, 5.41) is 10.8. The monoisotopic (exact) mass is 390 g/mol. The molecule has 0 aliphatic carbocycles. The van der Waals surface area contributed by atoms with Crippen LogP contribution in [0.1, 0.15) is 12.5 Å². The first-order valence-electron chi connectivity index (χ1n) is 4.05. The topological polar surface area (TPSA) is 23.1 Å². The molecule has 1 nitrogen and oxygen atoms in total. The number of benzene rings is 1. The molecule has 0 saturated heterocycles. The minimum Gasteiger partial charge on any atom is 1.00 e. The molecule has 0 heterocycles. The molecular formula is C9H9HgNaOS. The van der Waals surface area contributed by atoms with E-state index in [-0.39, 0.29) is 34.6 Å². The Bertz CT molecular complexity index is 291. The van der Waals surface area contributed by atoms with Gasteiger partial charge in [0.25, 0.3) is 0 Å². The van der Waals surface area contributed by atoms with Crippen molar-refractivity contribution in [3.05, 3.63) is 29.8 Å². The van der Waals surface area contributed by atoms with Gasteiger partial charge in [0.2, 0.25) is 0 Å². The van der Waals surface area contributed by atoms with E-state index in [0.29, 0.717) is 0 Å². The zero-order valence-corrected chi connectivity index (χ0v) is 16.4. The van der Waals surface area contributed by atoms with Crippen LogP contribution in [-0.2, 0) is 24.6 Å². The molecule has 0 fully saturated rings.